The van der Waals surface area contributed by atoms with Gasteiger partial charge in [0.25, 0.3) is 0 Å². The van der Waals surface area contributed by atoms with Crippen molar-refractivity contribution in [1.29, 1.82) is 0 Å². The van der Waals surface area contributed by atoms with Crippen LogP contribution in [0.25, 0.3) is 16.9 Å². The van der Waals surface area contributed by atoms with Crippen LogP contribution < -0.4 is 10.2 Å². The molecular formula is C18H20N6. The number of hydrogen-bond acceptors (Lipinski definition) is 5. The van der Waals surface area contributed by atoms with E-state index in [1.807, 2.05) is 41.5 Å². The lowest BCUT2D eigenvalue weighted by Crippen LogP contribution is -2.28. The topological polar surface area (TPSA) is 58.9 Å². The Labute approximate surface area is 141 Å². The average molecular weight is 320 g/mol. The maximum Gasteiger partial charge on any atom is 0.147 e. The van der Waals surface area contributed by atoms with E-state index < -0.39 is 0 Å². The molecule has 3 heterocycles. The second kappa shape index (κ2) is 6.80. The number of nitrogens with one attached hydrogen (secondary N) is 1. The van der Waals surface area contributed by atoms with Crippen molar-refractivity contribution in [3.8, 4) is 16.9 Å². The second-order valence-corrected chi connectivity index (χ2v) is 5.85. The molecule has 3 aromatic rings. The van der Waals surface area contributed by atoms with Crippen molar-refractivity contribution in [2.75, 3.05) is 31.1 Å². The predicted molar refractivity (Wildman–Crippen MR) is 94.3 cm³/mol. The van der Waals surface area contributed by atoms with E-state index in [9.17, 15) is 0 Å². The Morgan fingerprint density at radius 3 is 2.96 bits per heavy atom. The van der Waals surface area contributed by atoms with Crippen molar-refractivity contribution in [3.05, 3.63) is 55.1 Å². The smallest absolute Gasteiger partial charge is 0.147 e. The summed E-state index contributed by atoms with van der Waals surface area (Å²) in [6.07, 6.45) is 8.51. The van der Waals surface area contributed by atoms with Gasteiger partial charge in [-0.15, -0.1) is 0 Å². The molecule has 4 rings (SSSR count). The lowest BCUT2D eigenvalue weighted by molar-refractivity contribution is 0.724. The highest BCUT2D eigenvalue weighted by atomic mass is 15.3. The van der Waals surface area contributed by atoms with E-state index in [2.05, 4.69) is 32.4 Å². The monoisotopic (exact) mass is 320 g/mol. The Balaban J connectivity index is 1.65. The summed E-state index contributed by atoms with van der Waals surface area (Å²) in [7, 11) is 0. The number of aromatic nitrogens is 4. The van der Waals surface area contributed by atoms with Crippen LogP contribution in [0.4, 0.5) is 5.82 Å². The Morgan fingerprint density at radius 1 is 1.04 bits per heavy atom. The van der Waals surface area contributed by atoms with Crippen LogP contribution >= 0.6 is 0 Å². The Kier molecular flexibility index (Phi) is 4.20. The number of anilines is 1. The van der Waals surface area contributed by atoms with Gasteiger partial charge in [0.15, 0.2) is 0 Å². The first-order chi connectivity index (χ1) is 11.9. The van der Waals surface area contributed by atoms with Gasteiger partial charge >= 0.3 is 0 Å². The van der Waals surface area contributed by atoms with E-state index in [1.165, 1.54) is 0 Å². The zero-order valence-electron chi connectivity index (χ0n) is 13.5. The predicted octanol–water partition coefficient (Wildman–Crippen LogP) is 2.13. The van der Waals surface area contributed by atoms with Gasteiger partial charge in [-0.05, 0) is 31.2 Å². The highest BCUT2D eigenvalue weighted by molar-refractivity contribution is 5.63. The minimum absolute atomic E-state index is 0.888. The third kappa shape index (κ3) is 3.14. The van der Waals surface area contributed by atoms with Crippen molar-refractivity contribution in [1.82, 2.24) is 25.1 Å². The summed E-state index contributed by atoms with van der Waals surface area (Å²) in [6.45, 7) is 4.03. The van der Waals surface area contributed by atoms with E-state index in [0.717, 1.165) is 55.4 Å². The quantitative estimate of drug-likeness (QED) is 0.801. The van der Waals surface area contributed by atoms with Crippen LogP contribution in [-0.2, 0) is 0 Å². The van der Waals surface area contributed by atoms with Crippen molar-refractivity contribution in [3.63, 3.8) is 0 Å². The first-order valence-corrected chi connectivity index (χ1v) is 8.28. The molecule has 1 fully saturated rings. The summed E-state index contributed by atoms with van der Waals surface area (Å²) in [5.41, 5.74) is 2.95. The van der Waals surface area contributed by atoms with Crippen LogP contribution in [0.3, 0.4) is 0 Å². The van der Waals surface area contributed by atoms with Gasteiger partial charge in [-0.3, -0.25) is 4.98 Å². The maximum atomic E-state index is 4.84. The maximum absolute atomic E-state index is 4.84. The van der Waals surface area contributed by atoms with E-state index in [-0.39, 0.29) is 0 Å². The largest absolute Gasteiger partial charge is 0.354 e. The summed E-state index contributed by atoms with van der Waals surface area (Å²) < 4.78 is 1.85. The van der Waals surface area contributed by atoms with Gasteiger partial charge in [0, 0.05) is 37.6 Å². The third-order valence-electron chi connectivity index (χ3n) is 4.20. The van der Waals surface area contributed by atoms with Crippen molar-refractivity contribution >= 4 is 5.82 Å². The molecule has 24 heavy (non-hydrogen) atoms. The molecule has 0 unspecified atom stereocenters. The minimum Gasteiger partial charge on any atom is -0.354 e. The molecule has 1 N–H and O–H groups in total. The molecule has 1 saturated heterocycles. The molecule has 0 aliphatic carbocycles. The second-order valence-electron chi connectivity index (χ2n) is 5.85. The Bertz CT molecular complexity index is 791. The van der Waals surface area contributed by atoms with Crippen LogP contribution in [0.2, 0.25) is 0 Å². The van der Waals surface area contributed by atoms with Crippen LogP contribution in [0.5, 0.6) is 0 Å². The first-order valence-electron chi connectivity index (χ1n) is 8.28. The van der Waals surface area contributed by atoms with E-state index in [4.69, 9.17) is 4.98 Å². The molecular weight excluding hydrogens is 300 g/mol. The zero-order valence-corrected chi connectivity index (χ0v) is 13.5. The molecule has 2 aromatic heterocycles. The lowest BCUT2D eigenvalue weighted by Gasteiger charge is -2.21. The molecule has 6 nitrogen and oxygen atoms in total. The lowest BCUT2D eigenvalue weighted by atomic mass is 10.1. The van der Waals surface area contributed by atoms with Gasteiger partial charge in [-0.25, -0.2) is 9.67 Å². The van der Waals surface area contributed by atoms with Gasteiger partial charge < -0.3 is 10.2 Å². The molecule has 0 atom stereocenters. The van der Waals surface area contributed by atoms with Crippen molar-refractivity contribution in [2.24, 2.45) is 0 Å². The van der Waals surface area contributed by atoms with Gasteiger partial charge in [0.1, 0.15) is 5.82 Å². The fourth-order valence-corrected chi connectivity index (χ4v) is 2.95. The van der Waals surface area contributed by atoms with Gasteiger partial charge in [0.05, 0.1) is 23.8 Å². The summed E-state index contributed by atoms with van der Waals surface area (Å²) >= 11 is 0. The number of rotatable bonds is 3. The Hall–Kier alpha value is -2.73. The van der Waals surface area contributed by atoms with E-state index in [0.29, 0.717) is 0 Å². The Morgan fingerprint density at radius 2 is 2.04 bits per heavy atom. The summed E-state index contributed by atoms with van der Waals surface area (Å²) in [6, 6.07) is 10.1. The molecule has 0 radical (unpaired) electrons. The number of hydrogen-bond donors (Lipinski definition) is 1. The fourth-order valence-electron chi connectivity index (χ4n) is 2.95. The highest BCUT2D eigenvalue weighted by Crippen LogP contribution is 2.22. The van der Waals surface area contributed by atoms with E-state index >= 15 is 0 Å². The van der Waals surface area contributed by atoms with Gasteiger partial charge in [0.2, 0.25) is 0 Å². The minimum atomic E-state index is 0.888. The molecule has 0 spiro atoms. The molecule has 0 saturated carbocycles. The van der Waals surface area contributed by atoms with Crippen LogP contribution in [-0.4, -0.2) is 45.9 Å². The van der Waals surface area contributed by atoms with Crippen molar-refractivity contribution < 1.29 is 0 Å². The van der Waals surface area contributed by atoms with Gasteiger partial charge in [-0.1, -0.05) is 12.1 Å². The number of benzene rings is 1. The van der Waals surface area contributed by atoms with Crippen LogP contribution in [0.1, 0.15) is 6.42 Å². The van der Waals surface area contributed by atoms with Crippen molar-refractivity contribution in [2.45, 2.75) is 6.42 Å². The number of nitrogens with zero attached hydrogens (tertiary/aromatic N) is 5. The molecule has 1 aromatic carbocycles. The highest BCUT2D eigenvalue weighted by Gasteiger charge is 2.12. The standard InChI is InChI=1S/C18H20N6/c1-4-15(12-16(5-1)24-10-3-7-21-24)17-13-20-14-18(22-17)23-9-2-6-19-8-11-23/h1,3-5,7,10,12-14,19H,2,6,8-9,11H2. The normalized spacial score (nSPS) is 15.2. The molecule has 0 amide bonds. The fraction of sp³-hybridized carbons (Fsp3) is 0.278. The zero-order chi connectivity index (χ0) is 16.2. The molecule has 1 aliphatic rings. The third-order valence-corrected chi connectivity index (χ3v) is 4.20. The molecule has 6 heteroatoms. The first kappa shape index (κ1) is 14.8. The summed E-state index contributed by atoms with van der Waals surface area (Å²) in [5.74, 6) is 0.945. The van der Waals surface area contributed by atoms with Crippen LogP contribution in [0.15, 0.2) is 55.1 Å². The van der Waals surface area contributed by atoms with Crippen LogP contribution in [0, 0.1) is 0 Å². The molecule has 0 bridgehead atoms. The summed E-state index contributed by atoms with van der Waals surface area (Å²) in [4.78, 5) is 11.5. The van der Waals surface area contributed by atoms with Gasteiger partial charge in [-0.2, -0.15) is 5.10 Å². The van der Waals surface area contributed by atoms with E-state index in [1.54, 1.807) is 6.20 Å². The SMILES string of the molecule is c1cc(-c2cncc(N3CCCNCC3)n2)cc(-n2cccn2)c1. The molecule has 122 valence electrons. The molecule has 1 aliphatic heterocycles. The average Bonchev–Trinajstić information content (AvgIpc) is 3.05. The summed E-state index contributed by atoms with van der Waals surface area (Å²) in [5, 5.41) is 7.70.